The van der Waals surface area contributed by atoms with Gasteiger partial charge in [0, 0.05) is 18.3 Å². The maximum atomic E-state index is 12.6. The van der Waals surface area contributed by atoms with Crippen LogP contribution in [0.3, 0.4) is 0 Å². The van der Waals surface area contributed by atoms with Crippen molar-refractivity contribution in [3.05, 3.63) is 65.2 Å². The average Bonchev–Trinajstić information content (AvgIpc) is 2.61. The highest BCUT2D eigenvalue weighted by Crippen LogP contribution is 2.29. The number of hydrogen-bond acceptors (Lipinski definition) is 3. The SMILES string of the molecule is CC(C)N(CC(=O)Nc1ccc(C(F)(F)F)cc1)Cc1ccc(C#N)cc1. The van der Waals surface area contributed by atoms with Gasteiger partial charge in [0.2, 0.25) is 5.91 Å². The lowest BCUT2D eigenvalue weighted by Gasteiger charge is -2.26. The number of alkyl halides is 3. The summed E-state index contributed by atoms with van der Waals surface area (Å²) in [6, 6.07) is 13.6. The number of benzene rings is 2. The fourth-order valence-electron chi connectivity index (χ4n) is 2.47. The quantitative estimate of drug-likeness (QED) is 0.813. The van der Waals surface area contributed by atoms with E-state index in [9.17, 15) is 18.0 Å². The molecule has 0 fully saturated rings. The molecule has 4 nitrogen and oxygen atoms in total. The highest BCUT2D eigenvalue weighted by Gasteiger charge is 2.30. The fraction of sp³-hybridized carbons (Fsp3) is 0.300. The number of carbonyl (C=O) groups excluding carboxylic acids is 1. The van der Waals surface area contributed by atoms with Crippen molar-refractivity contribution in [1.29, 1.82) is 5.26 Å². The lowest BCUT2D eigenvalue weighted by molar-refractivity contribution is -0.137. The van der Waals surface area contributed by atoms with Gasteiger partial charge in [0.1, 0.15) is 0 Å². The molecule has 0 atom stereocenters. The number of nitrogens with one attached hydrogen (secondary N) is 1. The molecule has 2 rings (SSSR count). The second-order valence-electron chi connectivity index (χ2n) is 6.43. The summed E-state index contributed by atoms with van der Waals surface area (Å²) in [4.78, 5) is 14.2. The Balaban J connectivity index is 1.99. The van der Waals surface area contributed by atoms with Gasteiger partial charge in [-0.3, -0.25) is 9.69 Å². The van der Waals surface area contributed by atoms with Crippen LogP contribution in [0.4, 0.5) is 18.9 Å². The molecule has 0 aliphatic rings. The molecular formula is C20H20F3N3O. The predicted molar refractivity (Wildman–Crippen MR) is 96.8 cm³/mol. The van der Waals surface area contributed by atoms with Crippen LogP contribution in [0.5, 0.6) is 0 Å². The number of hydrogen-bond donors (Lipinski definition) is 1. The van der Waals surface area contributed by atoms with Gasteiger partial charge in [-0.05, 0) is 55.8 Å². The standard InChI is InChI=1S/C20H20F3N3O/c1-14(2)26(12-16-5-3-15(11-24)4-6-16)13-19(27)25-18-9-7-17(8-10-18)20(21,22)23/h3-10,14H,12-13H2,1-2H3,(H,25,27). The summed E-state index contributed by atoms with van der Waals surface area (Å²) in [5.41, 5.74) is 1.08. The number of carbonyl (C=O) groups is 1. The first-order valence-corrected chi connectivity index (χ1v) is 8.39. The van der Waals surface area contributed by atoms with E-state index in [1.165, 1.54) is 12.1 Å². The summed E-state index contributed by atoms with van der Waals surface area (Å²) in [5.74, 6) is -0.308. The first kappa shape index (κ1) is 20.5. The summed E-state index contributed by atoms with van der Waals surface area (Å²) in [7, 11) is 0. The molecule has 7 heteroatoms. The van der Waals surface area contributed by atoms with Gasteiger partial charge < -0.3 is 5.32 Å². The van der Waals surface area contributed by atoms with Crippen molar-refractivity contribution in [3.63, 3.8) is 0 Å². The zero-order valence-electron chi connectivity index (χ0n) is 15.0. The maximum absolute atomic E-state index is 12.6. The van der Waals surface area contributed by atoms with E-state index in [2.05, 4.69) is 11.4 Å². The van der Waals surface area contributed by atoms with Crippen LogP contribution in [0.25, 0.3) is 0 Å². The van der Waals surface area contributed by atoms with Crippen LogP contribution in [-0.4, -0.2) is 23.4 Å². The molecule has 0 aliphatic heterocycles. The predicted octanol–water partition coefficient (Wildman–Crippen LogP) is 4.43. The van der Waals surface area contributed by atoms with Gasteiger partial charge in [0.25, 0.3) is 0 Å². The van der Waals surface area contributed by atoms with Crippen molar-refractivity contribution >= 4 is 11.6 Å². The van der Waals surface area contributed by atoms with Gasteiger partial charge in [-0.2, -0.15) is 18.4 Å². The molecule has 0 bridgehead atoms. The van der Waals surface area contributed by atoms with Crippen molar-refractivity contribution in [2.45, 2.75) is 32.6 Å². The Morgan fingerprint density at radius 1 is 1.11 bits per heavy atom. The fourth-order valence-corrected chi connectivity index (χ4v) is 2.47. The van der Waals surface area contributed by atoms with Crippen molar-refractivity contribution in [2.75, 3.05) is 11.9 Å². The largest absolute Gasteiger partial charge is 0.416 e. The number of halogens is 3. The number of rotatable bonds is 6. The molecule has 142 valence electrons. The zero-order valence-corrected chi connectivity index (χ0v) is 15.0. The topological polar surface area (TPSA) is 56.1 Å². The van der Waals surface area contributed by atoms with Crippen LogP contribution in [0.2, 0.25) is 0 Å². The number of anilines is 1. The maximum Gasteiger partial charge on any atom is 0.416 e. The molecular weight excluding hydrogens is 355 g/mol. The summed E-state index contributed by atoms with van der Waals surface area (Å²) in [6.45, 7) is 4.52. The van der Waals surface area contributed by atoms with Crippen molar-refractivity contribution in [3.8, 4) is 6.07 Å². The normalized spacial score (nSPS) is 11.5. The van der Waals surface area contributed by atoms with Gasteiger partial charge in [0.15, 0.2) is 0 Å². The Morgan fingerprint density at radius 2 is 1.70 bits per heavy atom. The minimum Gasteiger partial charge on any atom is -0.325 e. The van der Waals surface area contributed by atoms with Crippen LogP contribution in [-0.2, 0) is 17.5 Å². The van der Waals surface area contributed by atoms with E-state index >= 15 is 0 Å². The molecule has 1 N–H and O–H groups in total. The van der Waals surface area contributed by atoms with E-state index in [0.717, 1.165) is 17.7 Å². The van der Waals surface area contributed by atoms with Crippen LogP contribution < -0.4 is 5.32 Å². The molecule has 2 aromatic carbocycles. The van der Waals surface area contributed by atoms with Crippen LogP contribution in [0.15, 0.2) is 48.5 Å². The van der Waals surface area contributed by atoms with Crippen molar-refractivity contribution < 1.29 is 18.0 Å². The summed E-state index contributed by atoms with van der Waals surface area (Å²) in [5, 5.41) is 11.5. The van der Waals surface area contributed by atoms with Crippen LogP contribution >= 0.6 is 0 Å². The molecule has 0 heterocycles. The van der Waals surface area contributed by atoms with E-state index in [-0.39, 0.29) is 18.5 Å². The lowest BCUT2D eigenvalue weighted by Crippen LogP contribution is -2.37. The number of amides is 1. The van der Waals surface area contributed by atoms with Gasteiger partial charge in [-0.25, -0.2) is 0 Å². The summed E-state index contributed by atoms with van der Waals surface area (Å²) >= 11 is 0. The highest BCUT2D eigenvalue weighted by atomic mass is 19.4. The Morgan fingerprint density at radius 3 is 2.19 bits per heavy atom. The molecule has 0 saturated heterocycles. The van der Waals surface area contributed by atoms with E-state index in [1.807, 2.05) is 30.9 Å². The van der Waals surface area contributed by atoms with E-state index < -0.39 is 11.7 Å². The van der Waals surface area contributed by atoms with Crippen LogP contribution in [0, 0.1) is 11.3 Å². The molecule has 1 amide bonds. The minimum atomic E-state index is -4.40. The van der Waals surface area contributed by atoms with Gasteiger partial charge in [-0.1, -0.05) is 12.1 Å². The first-order chi connectivity index (χ1) is 12.7. The molecule has 0 aliphatic carbocycles. The van der Waals surface area contributed by atoms with Gasteiger partial charge in [0.05, 0.1) is 23.7 Å². The third-order valence-electron chi connectivity index (χ3n) is 4.04. The zero-order chi connectivity index (χ0) is 20.0. The lowest BCUT2D eigenvalue weighted by atomic mass is 10.1. The molecule has 0 radical (unpaired) electrons. The Hall–Kier alpha value is -2.85. The molecule has 2 aromatic rings. The smallest absolute Gasteiger partial charge is 0.325 e. The molecule has 0 spiro atoms. The molecule has 0 unspecified atom stereocenters. The second-order valence-corrected chi connectivity index (χ2v) is 6.43. The van der Waals surface area contributed by atoms with Crippen LogP contribution in [0.1, 0.15) is 30.5 Å². The Kier molecular flexibility index (Phi) is 6.59. The summed E-state index contributed by atoms with van der Waals surface area (Å²) in [6.07, 6.45) is -4.40. The van der Waals surface area contributed by atoms with E-state index in [4.69, 9.17) is 5.26 Å². The van der Waals surface area contributed by atoms with Gasteiger partial charge in [-0.15, -0.1) is 0 Å². The average molecular weight is 375 g/mol. The Bertz CT molecular complexity index is 806. The van der Waals surface area contributed by atoms with Crippen molar-refractivity contribution in [2.24, 2.45) is 0 Å². The minimum absolute atomic E-state index is 0.0824. The first-order valence-electron chi connectivity index (χ1n) is 8.39. The van der Waals surface area contributed by atoms with Crippen molar-refractivity contribution in [1.82, 2.24) is 4.90 Å². The Labute approximate surface area is 156 Å². The molecule has 0 aromatic heterocycles. The van der Waals surface area contributed by atoms with Gasteiger partial charge >= 0.3 is 6.18 Å². The number of nitrogens with zero attached hydrogens (tertiary/aromatic N) is 2. The highest BCUT2D eigenvalue weighted by molar-refractivity contribution is 5.92. The number of nitriles is 1. The molecule has 0 saturated carbocycles. The third kappa shape index (κ3) is 6.12. The van der Waals surface area contributed by atoms with E-state index in [0.29, 0.717) is 17.8 Å². The monoisotopic (exact) mass is 375 g/mol. The molecule has 27 heavy (non-hydrogen) atoms. The summed E-state index contributed by atoms with van der Waals surface area (Å²) < 4.78 is 37.8. The second kappa shape index (κ2) is 8.69. The van der Waals surface area contributed by atoms with E-state index in [1.54, 1.807) is 12.1 Å². The third-order valence-corrected chi connectivity index (χ3v) is 4.04.